The number of amides is 1. The maximum atomic E-state index is 12.1. The Balaban J connectivity index is 2.11. The van der Waals surface area contributed by atoms with Gasteiger partial charge < -0.3 is 19.5 Å². The van der Waals surface area contributed by atoms with Gasteiger partial charge in [0.2, 0.25) is 0 Å². The number of carbonyl (C=O) groups is 1. The first-order chi connectivity index (χ1) is 12.3. The van der Waals surface area contributed by atoms with Crippen molar-refractivity contribution in [3.8, 4) is 17.2 Å². The van der Waals surface area contributed by atoms with Gasteiger partial charge in [-0.1, -0.05) is 23.2 Å². The van der Waals surface area contributed by atoms with Crippen LogP contribution < -0.4 is 19.5 Å². The summed E-state index contributed by atoms with van der Waals surface area (Å²) < 4.78 is 15.5. The van der Waals surface area contributed by atoms with Crippen LogP contribution in [0.15, 0.2) is 30.3 Å². The summed E-state index contributed by atoms with van der Waals surface area (Å²) in [5.74, 6) is 0.0784. The Morgan fingerprint density at radius 3 is 2.42 bits per heavy atom. The van der Waals surface area contributed by atoms with E-state index in [-0.39, 0.29) is 21.5 Å². The van der Waals surface area contributed by atoms with E-state index >= 15 is 0 Å². The number of hydrogen-bond acceptors (Lipinski definition) is 6. The van der Waals surface area contributed by atoms with Gasteiger partial charge in [-0.25, -0.2) is 0 Å². The highest BCUT2D eigenvalue weighted by molar-refractivity contribution is 6.32. The molecule has 0 spiro atoms. The molecular weight excluding hydrogens is 387 g/mol. The highest BCUT2D eigenvalue weighted by Crippen LogP contribution is 2.36. The third-order valence-electron chi connectivity index (χ3n) is 3.22. The third kappa shape index (κ3) is 4.68. The Morgan fingerprint density at radius 1 is 1.12 bits per heavy atom. The lowest BCUT2D eigenvalue weighted by Gasteiger charge is -2.13. The Kier molecular flexibility index (Phi) is 6.48. The summed E-state index contributed by atoms with van der Waals surface area (Å²) in [6, 6.07) is 6.86. The van der Waals surface area contributed by atoms with Crippen molar-refractivity contribution >= 4 is 40.5 Å². The minimum absolute atomic E-state index is 0.0747. The lowest BCUT2D eigenvalue weighted by atomic mass is 10.2. The van der Waals surface area contributed by atoms with Crippen LogP contribution in [0, 0.1) is 10.1 Å². The normalized spacial score (nSPS) is 10.2. The topological polar surface area (TPSA) is 99.9 Å². The van der Waals surface area contributed by atoms with Crippen LogP contribution in [-0.4, -0.2) is 31.7 Å². The van der Waals surface area contributed by atoms with Gasteiger partial charge >= 0.3 is 5.69 Å². The van der Waals surface area contributed by atoms with Gasteiger partial charge in [-0.3, -0.25) is 14.9 Å². The highest BCUT2D eigenvalue weighted by Gasteiger charge is 2.18. The van der Waals surface area contributed by atoms with Crippen LogP contribution in [0.4, 0.5) is 11.4 Å². The predicted molar refractivity (Wildman–Crippen MR) is 96.8 cm³/mol. The molecule has 2 aromatic carbocycles. The molecular formula is C16H14Cl2N2O6. The van der Waals surface area contributed by atoms with E-state index in [9.17, 15) is 14.9 Å². The molecule has 26 heavy (non-hydrogen) atoms. The third-order valence-corrected chi connectivity index (χ3v) is 3.75. The van der Waals surface area contributed by atoms with E-state index in [4.69, 9.17) is 37.4 Å². The number of hydrogen-bond donors (Lipinski definition) is 1. The van der Waals surface area contributed by atoms with Crippen LogP contribution in [0.3, 0.4) is 0 Å². The fraction of sp³-hybridized carbons (Fsp3) is 0.188. The number of benzene rings is 2. The lowest BCUT2D eigenvalue weighted by Crippen LogP contribution is -2.20. The monoisotopic (exact) mass is 400 g/mol. The number of nitro groups is 1. The summed E-state index contributed by atoms with van der Waals surface area (Å²) in [4.78, 5) is 22.5. The van der Waals surface area contributed by atoms with E-state index in [0.29, 0.717) is 17.2 Å². The second kappa shape index (κ2) is 8.59. The van der Waals surface area contributed by atoms with Gasteiger partial charge in [0.1, 0.15) is 11.5 Å². The molecule has 0 radical (unpaired) electrons. The van der Waals surface area contributed by atoms with Crippen molar-refractivity contribution in [1.29, 1.82) is 0 Å². The SMILES string of the molecule is COc1cc(OC)c(NC(=O)COc2ccc(Cl)cc2[N+](=O)[O-])cc1Cl. The van der Waals surface area contributed by atoms with Gasteiger partial charge in [-0.15, -0.1) is 0 Å². The Bertz CT molecular complexity index is 844. The summed E-state index contributed by atoms with van der Waals surface area (Å²) in [7, 11) is 2.87. The van der Waals surface area contributed by atoms with Crippen molar-refractivity contribution < 1.29 is 23.9 Å². The highest BCUT2D eigenvalue weighted by atomic mass is 35.5. The van der Waals surface area contributed by atoms with Gasteiger partial charge in [0.15, 0.2) is 12.4 Å². The van der Waals surface area contributed by atoms with E-state index in [1.54, 1.807) is 0 Å². The van der Waals surface area contributed by atoms with Crippen LogP contribution in [0.5, 0.6) is 17.2 Å². The van der Waals surface area contributed by atoms with Crippen molar-refractivity contribution in [3.05, 3.63) is 50.5 Å². The number of nitro benzene ring substituents is 1. The number of halogens is 2. The molecule has 8 nitrogen and oxygen atoms in total. The van der Waals surface area contributed by atoms with Crippen molar-refractivity contribution in [2.24, 2.45) is 0 Å². The molecule has 1 amide bonds. The molecule has 0 atom stereocenters. The number of rotatable bonds is 7. The average molecular weight is 401 g/mol. The van der Waals surface area contributed by atoms with Crippen LogP contribution in [0.25, 0.3) is 0 Å². The van der Waals surface area contributed by atoms with Crippen molar-refractivity contribution in [1.82, 2.24) is 0 Å². The summed E-state index contributed by atoms with van der Waals surface area (Å²) >= 11 is 11.8. The zero-order valence-electron chi connectivity index (χ0n) is 13.7. The quantitative estimate of drug-likeness (QED) is 0.557. The first-order valence-electron chi connectivity index (χ1n) is 7.13. The molecule has 0 heterocycles. The maximum Gasteiger partial charge on any atom is 0.312 e. The zero-order chi connectivity index (χ0) is 19.3. The standard InChI is InChI=1S/C16H14Cl2N2O6/c1-24-14-7-15(25-2)11(6-10(14)18)19-16(21)8-26-13-4-3-9(17)5-12(13)20(22)23/h3-7H,8H2,1-2H3,(H,19,21). The Morgan fingerprint density at radius 2 is 1.81 bits per heavy atom. The smallest absolute Gasteiger partial charge is 0.312 e. The molecule has 0 aliphatic heterocycles. The van der Waals surface area contributed by atoms with E-state index in [2.05, 4.69) is 5.32 Å². The van der Waals surface area contributed by atoms with E-state index in [1.807, 2.05) is 0 Å². The molecule has 0 saturated carbocycles. The fourth-order valence-corrected chi connectivity index (χ4v) is 2.45. The largest absolute Gasteiger partial charge is 0.495 e. The zero-order valence-corrected chi connectivity index (χ0v) is 15.3. The molecule has 0 aliphatic carbocycles. The van der Waals surface area contributed by atoms with Gasteiger partial charge in [-0.2, -0.15) is 0 Å². The fourth-order valence-electron chi connectivity index (χ4n) is 2.04. The molecule has 0 aromatic heterocycles. The van der Waals surface area contributed by atoms with Gasteiger partial charge in [0, 0.05) is 17.2 Å². The van der Waals surface area contributed by atoms with E-state index in [1.165, 1.54) is 38.5 Å². The molecule has 2 rings (SSSR count). The maximum absolute atomic E-state index is 12.1. The molecule has 1 N–H and O–H groups in total. The molecule has 138 valence electrons. The number of anilines is 1. The second-order valence-corrected chi connectivity index (χ2v) is 5.74. The first-order valence-corrected chi connectivity index (χ1v) is 7.89. The lowest BCUT2D eigenvalue weighted by molar-refractivity contribution is -0.385. The number of nitrogens with zero attached hydrogens (tertiary/aromatic N) is 1. The van der Waals surface area contributed by atoms with Gasteiger partial charge in [-0.05, 0) is 18.2 Å². The molecule has 0 aliphatic rings. The summed E-state index contributed by atoms with van der Waals surface area (Å²) in [5.41, 5.74) is -0.0344. The van der Waals surface area contributed by atoms with Crippen LogP contribution in [0.1, 0.15) is 0 Å². The predicted octanol–water partition coefficient (Wildman–Crippen LogP) is 3.94. The number of carbonyl (C=O) groups excluding carboxylic acids is 1. The summed E-state index contributed by atoms with van der Waals surface area (Å²) in [6.45, 7) is -0.463. The average Bonchev–Trinajstić information content (AvgIpc) is 2.60. The van der Waals surface area contributed by atoms with Gasteiger partial charge in [0.25, 0.3) is 5.91 Å². The van der Waals surface area contributed by atoms with Gasteiger partial charge in [0.05, 0.1) is 29.9 Å². The van der Waals surface area contributed by atoms with Crippen LogP contribution in [0.2, 0.25) is 10.0 Å². The number of ether oxygens (including phenoxy) is 3. The Hall–Kier alpha value is -2.71. The van der Waals surface area contributed by atoms with Crippen LogP contribution in [-0.2, 0) is 4.79 Å². The minimum Gasteiger partial charge on any atom is -0.495 e. The van der Waals surface area contributed by atoms with Crippen molar-refractivity contribution in [2.45, 2.75) is 0 Å². The molecule has 0 saturated heterocycles. The number of methoxy groups -OCH3 is 2. The molecule has 2 aromatic rings. The van der Waals surface area contributed by atoms with Crippen LogP contribution >= 0.6 is 23.2 Å². The Labute approximate surface area is 158 Å². The summed E-state index contributed by atoms with van der Waals surface area (Å²) in [6.07, 6.45) is 0. The molecule has 10 heteroatoms. The molecule has 0 fully saturated rings. The minimum atomic E-state index is -0.647. The van der Waals surface area contributed by atoms with Crippen molar-refractivity contribution in [2.75, 3.05) is 26.1 Å². The molecule has 0 bridgehead atoms. The van der Waals surface area contributed by atoms with E-state index < -0.39 is 17.4 Å². The molecule has 0 unspecified atom stereocenters. The van der Waals surface area contributed by atoms with Crippen molar-refractivity contribution in [3.63, 3.8) is 0 Å². The second-order valence-electron chi connectivity index (χ2n) is 4.89. The van der Waals surface area contributed by atoms with E-state index in [0.717, 1.165) is 6.07 Å². The summed E-state index contributed by atoms with van der Waals surface area (Å²) in [5, 5.41) is 14.0. The number of nitrogens with one attached hydrogen (secondary N) is 1. The first kappa shape index (κ1) is 19.6.